The van der Waals surface area contributed by atoms with E-state index in [0.29, 0.717) is 18.1 Å². The monoisotopic (exact) mass is 411 g/mol. The molecular weight excluding hydrogens is 394 g/mol. The highest BCUT2D eigenvalue weighted by atomic mass is 79.9. The maximum absolute atomic E-state index is 12.7. The number of fused-ring (bicyclic) bond motifs is 1. The fourth-order valence-corrected chi connectivity index (χ4v) is 4.03. The molecule has 2 aromatic carbocycles. The number of sulfonamides is 1. The van der Waals surface area contributed by atoms with Gasteiger partial charge in [0.05, 0.1) is 11.4 Å². The average molecular weight is 412 g/mol. The molecule has 0 aromatic heterocycles. The molecule has 0 radical (unpaired) electrons. The van der Waals surface area contributed by atoms with Crippen LogP contribution in [-0.4, -0.2) is 39.0 Å². The Kier molecular flexibility index (Phi) is 4.85. The van der Waals surface area contributed by atoms with Gasteiger partial charge in [-0.05, 0) is 42.8 Å². The maximum atomic E-state index is 12.7. The number of rotatable bonds is 4. The summed E-state index contributed by atoms with van der Waals surface area (Å²) in [6.07, 6.45) is -0.351. The van der Waals surface area contributed by atoms with E-state index in [1.165, 1.54) is 4.31 Å². The highest BCUT2D eigenvalue weighted by Gasteiger charge is 2.28. The fraction of sp³-hybridized carbons (Fsp3) is 0.294. The number of benzene rings is 2. The van der Waals surface area contributed by atoms with Gasteiger partial charge in [0, 0.05) is 11.5 Å². The summed E-state index contributed by atoms with van der Waals surface area (Å²) in [7, 11) is -2.03. The van der Waals surface area contributed by atoms with Crippen LogP contribution in [0.4, 0.5) is 0 Å². The van der Waals surface area contributed by atoms with Crippen LogP contribution in [0.25, 0.3) is 0 Å². The highest BCUT2D eigenvalue weighted by Crippen LogP contribution is 2.31. The average Bonchev–Trinajstić information content (AvgIpc) is 2.57. The molecule has 128 valence electrons. The molecule has 0 amide bonds. The first-order valence-corrected chi connectivity index (χ1v) is 9.72. The van der Waals surface area contributed by atoms with Crippen molar-refractivity contribution in [2.75, 3.05) is 20.2 Å². The van der Waals surface area contributed by atoms with Gasteiger partial charge in [0.25, 0.3) is 0 Å². The molecule has 24 heavy (non-hydrogen) atoms. The molecule has 7 heteroatoms. The van der Waals surface area contributed by atoms with Crippen LogP contribution in [-0.2, 0) is 10.0 Å². The van der Waals surface area contributed by atoms with E-state index < -0.39 is 10.0 Å². The topological polar surface area (TPSA) is 55.8 Å². The van der Waals surface area contributed by atoms with Gasteiger partial charge in [-0.3, -0.25) is 0 Å². The Morgan fingerprint density at radius 2 is 1.92 bits per heavy atom. The van der Waals surface area contributed by atoms with E-state index >= 15 is 0 Å². The first kappa shape index (κ1) is 17.3. The second-order valence-electron chi connectivity index (χ2n) is 5.69. The summed E-state index contributed by atoms with van der Waals surface area (Å²) in [5.74, 6) is 1.32. The highest BCUT2D eigenvalue weighted by molar-refractivity contribution is 9.10. The van der Waals surface area contributed by atoms with E-state index in [9.17, 15) is 8.42 Å². The zero-order chi connectivity index (χ0) is 17.3. The van der Waals surface area contributed by atoms with Crippen molar-refractivity contribution >= 4 is 26.0 Å². The van der Waals surface area contributed by atoms with Crippen LogP contribution in [0.1, 0.15) is 5.56 Å². The maximum Gasteiger partial charge on any atom is 0.242 e. The number of hydrogen-bond donors (Lipinski definition) is 0. The van der Waals surface area contributed by atoms with Crippen LogP contribution < -0.4 is 9.47 Å². The van der Waals surface area contributed by atoms with Crippen molar-refractivity contribution in [3.63, 3.8) is 0 Å². The summed E-state index contributed by atoms with van der Waals surface area (Å²) >= 11 is 3.38. The Morgan fingerprint density at radius 3 is 2.62 bits per heavy atom. The van der Waals surface area contributed by atoms with Crippen LogP contribution in [0, 0.1) is 6.92 Å². The largest absolute Gasteiger partial charge is 0.486 e. The van der Waals surface area contributed by atoms with Crippen molar-refractivity contribution in [1.29, 1.82) is 0 Å². The molecule has 0 spiro atoms. The standard InChI is InChI=1S/C17H18BrNO4S/c1-12-9-14(7-8-15(12)18)24(20,21)19(2)10-13-11-22-16-5-3-4-6-17(16)23-13/h3-9,13H,10-11H2,1-2H3/t13-/m1/s1. The van der Waals surface area contributed by atoms with Crippen LogP contribution in [0.5, 0.6) is 11.5 Å². The summed E-state index contributed by atoms with van der Waals surface area (Å²) in [5.41, 5.74) is 0.871. The van der Waals surface area contributed by atoms with Gasteiger partial charge in [0.1, 0.15) is 12.7 Å². The number of halogens is 1. The summed E-state index contributed by atoms with van der Waals surface area (Å²) in [6.45, 7) is 2.39. The lowest BCUT2D eigenvalue weighted by Gasteiger charge is -2.29. The van der Waals surface area contributed by atoms with Gasteiger partial charge >= 0.3 is 0 Å². The molecule has 0 bridgehead atoms. The van der Waals surface area contributed by atoms with Gasteiger partial charge in [-0.1, -0.05) is 28.1 Å². The van der Waals surface area contributed by atoms with E-state index in [1.54, 1.807) is 25.2 Å². The third-order valence-corrected chi connectivity index (χ3v) is 6.57. The second kappa shape index (κ2) is 6.74. The lowest BCUT2D eigenvalue weighted by atomic mass is 10.2. The molecule has 3 rings (SSSR count). The molecule has 5 nitrogen and oxygen atoms in total. The van der Waals surface area contributed by atoms with Crippen molar-refractivity contribution in [2.45, 2.75) is 17.9 Å². The molecule has 0 aliphatic carbocycles. The Bertz CT molecular complexity index is 853. The van der Waals surface area contributed by atoms with Gasteiger partial charge in [0.15, 0.2) is 11.5 Å². The third-order valence-electron chi connectivity index (χ3n) is 3.87. The smallest absolute Gasteiger partial charge is 0.242 e. The van der Waals surface area contributed by atoms with Gasteiger partial charge in [-0.25, -0.2) is 8.42 Å². The van der Waals surface area contributed by atoms with Crippen LogP contribution in [0.15, 0.2) is 51.8 Å². The van der Waals surface area contributed by atoms with Crippen molar-refractivity contribution in [1.82, 2.24) is 4.31 Å². The van der Waals surface area contributed by atoms with E-state index in [-0.39, 0.29) is 17.5 Å². The molecule has 1 atom stereocenters. The van der Waals surface area contributed by atoms with E-state index in [1.807, 2.05) is 31.2 Å². The van der Waals surface area contributed by atoms with Gasteiger partial charge in [-0.2, -0.15) is 4.31 Å². The number of para-hydroxylation sites is 2. The summed E-state index contributed by atoms with van der Waals surface area (Å²) in [6, 6.07) is 12.4. The molecule has 2 aromatic rings. The Balaban J connectivity index is 1.74. The number of ether oxygens (including phenoxy) is 2. The lowest BCUT2D eigenvalue weighted by Crippen LogP contribution is -2.41. The van der Waals surface area contributed by atoms with Gasteiger partial charge < -0.3 is 9.47 Å². The van der Waals surface area contributed by atoms with Crippen LogP contribution >= 0.6 is 15.9 Å². The molecule has 1 heterocycles. The van der Waals surface area contributed by atoms with Crippen molar-refractivity contribution in [3.05, 3.63) is 52.5 Å². The normalized spacial score (nSPS) is 17.1. The molecule has 0 fully saturated rings. The number of likely N-dealkylation sites (N-methyl/N-ethyl adjacent to an activating group) is 1. The lowest BCUT2D eigenvalue weighted by molar-refractivity contribution is 0.0798. The van der Waals surface area contributed by atoms with Gasteiger partial charge in [0.2, 0.25) is 10.0 Å². The summed E-state index contributed by atoms with van der Waals surface area (Å²) in [4.78, 5) is 0.267. The first-order valence-electron chi connectivity index (χ1n) is 7.49. The van der Waals surface area contributed by atoms with E-state index in [4.69, 9.17) is 9.47 Å². The molecule has 0 saturated carbocycles. The molecule has 1 aliphatic rings. The fourth-order valence-electron chi connectivity index (χ4n) is 2.50. The predicted octanol–water partition coefficient (Wildman–Crippen LogP) is 3.22. The summed E-state index contributed by atoms with van der Waals surface area (Å²) in [5, 5.41) is 0. The Hall–Kier alpha value is -1.57. The van der Waals surface area contributed by atoms with Crippen molar-refractivity contribution in [3.8, 4) is 11.5 Å². The first-order chi connectivity index (χ1) is 11.4. The van der Waals surface area contributed by atoms with Crippen LogP contribution in [0.3, 0.4) is 0 Å². The Labute approximate surface area is 150 Å². The zero-order valence-corrected chi connectivity index (χ0v) is 15.8. The van der Waals surface area contributed by atoms with E-state index in [2.05, 4.69) is 15.9 Å². The minimum atomic E-state index is -3.58. The zero-order valence-electron chi connectivity index (χ0n) is 13.4. The molecular formula is C17H18BrNO4S. The molecule has 0 saturated heterocycles. The van der Waals surface area contributed by atoms with Crippen molar-refractivity contribution in [2.24, 2.45) is 0 Å². The van der Waals surface area contributed by atoms with Gasteiger partial charge in [-0.15, -0.1) is 0 Å². The van der Waals surface area contributed by atoms with Crippen LogP contribution in [0.2, 0.25) is 0 Å². The second-order valence-corrected chi connectivity index (χ2v) is 8.59. The predicted molar refractivity (Wildman–Crippen MR) is 95.0 cm³/mol. The number of hydrogen-bond acceptors (Lipinski definition) is 4. The minimum absolute atomic E-state index is 0.214. The quantitative estimate of drug-likeness (QED) is 0.774. The Morgan fingerprint density at radius 1 is 1.21 bits per heavy atom. The number of nitrogens with zero attached hydrogens (tertiary/aromatic N) is 1. The van der Waals surface area contributed by atoms with Crippen molar-refractivity contribution < 1.29 is 17.9 Å². The third kappa shape index (κ3) is 3.43. The number of aryl methyl sites for hydroxylation is 1. The SMILES string of the molecule is Cc1cc(S(=O)(=O)N(C)C[C@@H]2COc3ccccc3O2)ccc1Br. The molecule has 0 N–H and O–H groups in total. The molecule has 1 aliphatic heterocycles. The molecule has 0 unspecified atom stereocenters. The van der Waals surface area contributed by atoms with E-state index in [0.717, 1.165) is 10.0 Å². The minimum Gasteiger partial charge on any atom is -0.486 e. The summed E-state index contributed by atoms with van der Waals surface area (Å²) < 4.78 is 39.1.